The maximum absolute atomic E-state index is 13.7. The lowest BCUT2D eigenvalue weighted by Crippen LogP contribution is -2.26. The van der Waals surface area contributed by atoms with E-state index in [0.717, 1.165) is 11.3 Å². The Morgan fingerprint density at radius 1 is 1.35 bits per heavy atom. The average Bonchev–Trinajstić information content (AvgIpc) is 2.97. The molecule has 1 aliphatic rings. The smallest absolute Gasteiger partial charge is 0.261 e. The second-order valence-electron chi connectivity index (χ2n) is 4.62. The molecular weight excluding hydrogens is 304 g/mol. The zero-order chi connectivity index (χ0) is 14.3. The van der Waals surface area contributed by atoms with E-state index in [1.54, 1.807) is 6.07 Å². The standard InChI is InChI=1S/C14H10ClF2NOS/c15-7-5-9-8(10(16)6-7)1-2-11(9)18-14(19)12-3-4-13(17)20-12/h3-6,11H,1-2H2,(H,18,19)/t11-/m1/s1. The van der Waals surface area contributed by atoms with E-state index in [1.807, 2.05) is 0 Å². The molecule has 2 nitrogen and oxygen atoms in total. The molecule has 1 amide bonds. The first-order valence-electron chi connectivity index (χ1n) is 6.08. The van der Waals surface area contributed by atoms with Gasteiger partial charge >= 0.3 is 0 Å². The van der Waals surface area contributed by atoms with Crippen molar-refractivity contribution in [2.45, 2.75) is 18.9 Å². The number of nitrogens with one attached hydrogen (secondary N) is 1. The van der Waals surface area contributed by atoms with E-state index in [9.17, 15) is 13.6 Å². The largest absolute Gasteiger partial charge is 0.345 e. The average molecular weight is 314 g/mol. The van der Waals surface area contributed by atoms with Crippen molar-refractivity contribution < 1.29 is 13.6 Å². The van der Waals surface area contributed by atoms with Crippen molar-refractivity contribution in [2.24, 2.45) is 0 Å². The highest BCUT2D eigenvalue weighted by Crippen LogP contribution is 2.35. The number of hydrogen-bond donors (Lipinski definition) is 1. The van der Waals surface area contributed by atoms with Crippen molar-refractivity contribution in [2.75, 3.05) is 0 Å². The molecule has 0 saturated carbocycles. The van der Waals surface area contributed by atoms with Crippen LogP contribution in [0.2, 0.25) is 5.02 Å². The normalized spacial score (nSPS) is 17.1. The summed E-state index contributed by atoms with van der Waals surface area (Å²) >= 11 is 6.64. The van der Waals surface area contributed by atoms with Crippen molar-refractivity contribution >= 4 is 28.8 Å². The summed E-state index contributed by atoms with van der Waals surface area (Å²) in [4.78, 5) is 12.3. The molecule has 0 fully saturated rings. The Balaban J connectivity index is 1.83. The van der Waals surface area contributed by atoms with Gasteiger partial charge in [-0.05, 0) is 48.2 Å². The second kappa shape index (κ2) is 5.14. The number of carbonyl (C=O) groups excluding carboxylic acids is 1. The van der Waals surface area contributed by atoms with Crippen LogP contribution in [0, 0.1) is 10.9 Å². The lowest BCUT2D eigenvalue weighted by atomic mass is 10.1. The molecule has 6 heteroatoms. The first kappa shape index (κ1) is 13.5. The minimum Gasteiger partial charge on any atom is -0.345 e. The van der Waals surface area contributed by atoms with Gasteiger partial charge in [-0.25, -0.2) is 4.39 Å². The summed E-state index contributed by atoms with van der Waals surface area (Å²) in [5.41, 5.74) is 1.30. The van der Waals surface area contributed by atoms with Crippen molar-refractivity contribution in [3.8, 4) is 0 Å². The highest BCUT2D eigenvalue weighted by atomic mass is 35.5. The maximum Gasteiger partial charge on any atom is 0.261 e. The Morgan fingerprint density at radius 2 is 2.15 bits per heavy atom. The Hall–Kier alpha value is -1.46. The monoisotopic (exact) mass is 313 g/mol. The first-order valence-corrected chi connectivity index (χ1v) is 7.28. The van der Waals surface area contributed by atoms with E-state index >= 15 is 0 Å². The summed E-state index contributed by atoms with van der Waals surface area (Å²) in [5.74, 6) is -0.691. The topological polar surface area (TPSA) is 29.1 Å². The van der Waals surface area contributed by atoms with E-state index in [2.05, 4.69) is 5.32 Å². The number of fused-ring (bicyclic) bond motifs is 1. The first-order chi connectivity index (χ1) is 9.54. The van der Waals surface area contributed by atoms with Gasteiger partial charge in [-0.15, -0.1) is 11.3 Å². The summed E-state index contributed by atoms with van der Waals surface area (Å²) in [6.07, 6.45) is 1.17. The summed E-state index contributed by atoms with van der Waals surface area (Å²) < 4.78 is 26.7. The minimum absolute atomic E-state index is 0.282. The number of rotatable bonds is 2. The number of carbonyl (C=O) groups is 1. The molecule has 0 spiro atoms. The van der Waals surface area contributed by atoms with Gasteiger partial charge < -0.3 is 5.32 Å². The van der Waals surface area contributed by atoms with Gasteiger partial charge in [0.15, 0.2) is 5.13 Å². The van der Waals surface area contributed by atoms with Gasteiger partial charge in [-0.1, -0.05) is 11.6 Å². The molecule has 0 radical (unpaired) electrons. The number of benzene rings is 1. The second-order valence-corrected chi connectivity index (χ2v) is 6.09. The zero-order valence-electron chi connectivity index (χ0n) is 10.3. The van der Waals surface area contributed by atoms with Gasteiger partial charge in [0.2, 0.25) is 0 Å². The SMILES string of the molecule is O=C(N[C@@H]1CCc2c(F)cc(Cl)cc21)c1ccc(F)s1. The molecule has 0 bridgehead atoms. The van der Waals surface area contributed by atoms with Crippen LogP contribution in [0.3, 0.4) is 0 Å². The quantitative estimate of drug-likeness (QED) is 0.888. The molecule has 3 rings (SSSR count). The molecule has 0 unspecified atom stereocenters. The Bertz CT molecular complexity index is 686. The van der Waals surface area contributed by atoms with Crippen molar-refractivity contribution in [1.82, 2.24) is 5.32 Å². The number of hydrogen-bond acceptors (Lipinski definition) is 2. The fraction of sp³-hybridized carbons (Fsp3) is 0.214. The van der Waals surface area contributed by atoms with Crippen LogP contribution in [-0.4, -0.2) is 5.91 Å². The molecule has 0 aliphatic heterocycles. The van der Waals surface area contributed by atoms with Crippen LogP contribution in [0.15, 0.2) is 24.3 Å². The van der Waals surface area contributed by atoms with Gasteiger partial charge in [-0.2, -0.15) is 4.39 Å². The van der Waals surface area contributed by atoms with Crippen LogP contribution in [-0.2, 0) is 6.42 Å². The van der Waals surface area contributed by atoms with Gasteiger partial charge in [0.1, 0.15) is 5.82 Å². The molecule has 1 aliphatic carbocycles. The molecule has 1 N–H and O–H groups in total. The summed E-state index contributed by atoms with van der Waals surface area (Å²) in [5, 5.41) is 2.70. The predicted octanol–water partition coefficient (Wildman–Crippen LogP) is 4.10. The van der Waals surface area contributed by atoms with Gasteiger partial charge in [0.05, 0.1) is 10.9 Å². The molecule has 1 aromatic carbocycles. The molecule has 1 heterocycles. The van der Waals surface area contributed by atoms with Crippen LogP contribution in [0.25, 0.3) is 0 Å². The van der Waals surface area contributed by atoms with E-state index in [1.165, 1.54) is 18.2 Å². The number of amides is 1. The van der Waals surface area contributed by atoms with Crippen LogP contribution in [0.5, 0.6) is 0 Å². The fourth-order valence-electron chi connectivity index (χ4n) is 2.46. The summed E-state index contributed by atoms with van der Waals surface area (Å²) in [6, 6.07) is 5.35. The van der Waals surface area contributed by atoms with Gasteiger partial charge in [0.25, 0.3) is 5.91 Å². The molecular formula is C14H10ClF2NOS. The summed E-state index contributed by atoms with van der Waals surface area (Å²) in [6.45, 7) is 0. The fourth-order valence-corrected chi connectivity index (χ4v) is 3.31. The lowest BCUT2D eigenvalue weighted by Gasteiger charge is -2.13. The van der Waals surface area contributed by atoms with Crippen molar-refractivity contribution in [1.29, 1.82) is 0 Å². The third kappa shape index (κ3) is 2.43. The molecule has 104 valence electrons. The van der Waals surface area contributed by atoms with Crippen LogP contribution in [0.4, 0.5) is 8.78 Å². The minimum atomic E-state index is -0.406. The summed E-state index contributed by atoms with van der Waals surface area (Å²) in [7, 11) is 0. The molecule has 2 aromatic rings. The van der Waals surface area contributed by atoms with E-state index in [4.69, 9.17) is 11.6 Å². The van der Waals surface area contributed by atoms with Gasteiger partial charge in [0, 0.05) is 5.02 Å². The van der Waals surface area contributed by atoms with Crippen molar-refractivity contribution in [3.63, 3.8) is 0 Å². The Morgan fingerprint density at radius 3 is 2.85 bits per heavy atom. The highest BCUT2D eigenvalue weighted by Gasteiger charge is 2.27. The van der Waals surface area contributed by atoms with Crippen LogP contribution in [0.1, 0.15) is 33.3 Å². The van der Waals surface area contributed by atoms with Crippen molar-refractivity contribution in [3.05, 3.63) is 56.2 Å². The molecule has 1 aromatic heterocycles. The molecule has 0 saturated heterocycles. The van der Waals surface area contributed by atoms with Crippen LogP contribution >= 0.6 is 22.9 Å². The van der Waals surface area contributed by atoms with E-state index in [-0.39, 0.29) is 17.8 Å². The third-order valence-corrected chi connectivity index (χ3v) is 4.45. The molecule has 1 atom stereocenters. The van der Waals surface area contributed by atoms with E-state index in [0.29, 0.717) is 33.9 Å². The van der Waals surface area contributed by atoms with Gasteiger partial charge in [-0.3, -0.25) is 4.79 Å². The zero-order valence-corrected chi connectivity index (χ0v) is 11.8. The Kier molecular flexibility index (Phi) is 3.48. The number of halogens is 3. The predicted molar refractivity (Wildman–Crippen MR) is 74.2 cm³/mol. The number of thiophene rings is 1. The highest BCUT2D eigenvalue weighted by molar-refractivity contribution is 7.12. The van der Waals surface area contributed by atoms with Crippen LogP contribution < -0.4 is 5.32 Å². The molecule has 20 heavy (non-hydrogen) atoms. The van der Waals surface area contributed by atoms with E-state index < -0.39 is 5.13 Å². The lowest BCUT2D eigenvalue weighted by molar-refractivity contribution is 0.0941. The third-order valence-electron chi connectivity index (χ3n) is 3.36. The Labute approximate surface area is 123 Å². The maximum atomic E-state index is 13.7.